The molecule has 0 bridgehead atoms. The molecule has 0 spiro atoms. The molecule has 1 fully saturated rings. The van der Waals surface area contributed by atoms with Crippen molar-refractivity contribution >= 4 is 5.97 Å². The van der Waals surface area contributed by atoms with Gasteiger partial charge in [-0.2, -0.15) is 0 Å². The number of piperazine rings is 1. The fourth-order valence-corrected chi connectivity index (χ4v) is 2.40. The maximum absolute atomic E-state index is 10.8. The van der Waals surface area contributed by atoms with Gasteiger partial charge >= 0.3 is 5.97 Å². The van der Waals surface area contributed by atoms with Crippen molar-refractivity contribution in [1.82, 2.24) is 10.2 Å². The van der Waals surface area contributed by atoms with E-state index in [1.54, 1.807) is 12.1 Å². The monoisotopic (exact) mass is 248 g/mol. The molecule has 1 aromatic carbocycles. The van der Waals surface area contributed by atoms with Crippen LogP contribution in [0.1, 0.15) is 29.3 Å². The minimum atomic E-state index is -0.866. The van der Waals surface area contributed by atoms with Gasteiger partial charge in [0.05, 0.1) is 5.56 Å². The predicted octanol–water partition coefficient (Wildman–Crippen LogP) is 1.57. The third kappa shape index (κ3) is 3.09. The standard InChI is InChI=1S/C14H20N2O2/c1-2-13-9-15-7-8-16(13)10-11-3-5-12(6-4-11)14(17)18/h3-6,13,15H,2,7-10H2,1H3,(H,17,18)/t13-/m1/s1. The van der Waals surface area contributed by atoms with Crippen LogP contribution < -0.4 is 5.32 Å². The van der Waals surface area contributed by atoms with E-state index >= 15 is 0 Å². The highest BCUT2D eigenvalue weighted by Crippen LogP contribution is 2.13. The molecule has 1 atom stereocenters. The number of aromatic carboxylic acids is 1. The Kier molecular flexibility index (Phi) is 4.33. The molecular formula is C14H20N2O2. The molecule has 1 aromatic rings. The quantitative estimate of drug-likeness (QED) is 0.849. The molecule has 4 nitrogen and oxygen atoms in total. The zero-order valence-corrected chi connectivity index (χ0v) is 10.7. The number of carboxylic acids is 1. The third-order valence-electron chi connectivity index (χ3n) is 3.53. The van der Waals surface area contributed by atoms with Crippen molar-refractivity contribution in [2.45, 2.75) is 25.9 Å². The van der Waals surface area contributed by atoms with Crippen molar-refractivity contribution in [3.63, 3.8) is 0 Å². The predicted molar refractivity (Wildman–Crippen MR) is 70.8 cm³/mol. The first-order valence-corrected chi connectivity index (χ1v) is 6.47. The van der Waals surface area contributed by atoms with Crippen LogP contribution in [0.5, 0.6) is 0 Å². The second-order valence-corrected chi connectivity index (χ2v) is 4.74. The summed E-state index contributed by atoms with van der Waals surface area (Å²) < 4.78 is 0. The van der Waals surface area contributed by atoms with Crippen LogP contribution in [0, 0.1) is 0 Å². The third-order valence-corrected chi connectivity index (χ3v) is 3.53. The zero-order chi connectivity index (χ0) is 13.0. The molecule has 2 rings (SSSR count). The van der Waals surface area contributed by atoms with Crippen molar-refractivity contribution in [3.05, 3.63) is 35.4 Å². The van der Waals surface area contributed by atoms with E-state index in [0.717, 1.165) is 32.6 Å². The van der Waals surface area contributed by atoms with E-state index in [-0.39, 0.29) is 0 Å². The second kappa shape index (κ2) is 5.98. The van der Waals surface area contributed by atoms with Gasteiger partial charge in [0.1, 0.15) is 0 Å². The van der Waals surface area contributed by atoms with E-state index in [9.17, 15) is 4.79 Å². The highest BCUT2D eigenvalue weighted by molar-refractivity contribution is 5.87. The van der Waals surface area contributed by atoms with Crippen LogP contribution >= 0.6 is 0 Å². The first kappa shape index (κ1) is 13.1. The summed E-state index contributed by atoms with van der Waals surface area (Å²) in [6.45, 7) is 6.24. The van der Waals surface area contributed by atoms with Gasteiger partial charge in [-0.05, 0) is 24.1 Å². The Morgan fingerprint density at radius 1 is 1.44 bits per heavy atom. The van der Waals surface area contributed by atoms with Crippen LogP contribution in [0.4, 0.5) is 0 Å². The lowest BCUT2D eigenvalue weighted by atomic mass is 10.1. The number of benzene rings is 1. The molecule has 0 unspecified atom stereocenters. The Morgan fingerprint density at radius 2 is 2.17 bits per heavy atom. The molecule has 0 aliphatic carbocycles. The number of rotatable bonds is 4. The molecule has 2 N–H and O–H groups in total. The SMILES string of the molecule is CC[C@@H]1CNCCN1Cc1ccc(C(=O)O)cc1. The fraction of sp³-hybridized carbons (Fsp3) is 0.500. The Bertz CT molecular complexity index is 403. The van der Waals surface area contributed by atoms with Crippen LogP contribution in [0.3, 0.4) is 0 Å². The van der Waals surface area contributed by atoms with E-state index < -0.39 is 5.97 Å². The van der Waals surface area contributed by atoms with Gasteiger partial charge in [0, 0.05) is 32.2 Å². The number of carboxylic acid groups (broad SMARTS) is 1. The molecule has 0 radical (unpaired) electrons. The highest BCUT2D eigenvalue weighted by atomic mass is 16.4. The van der Waals surface area contributed by atoms with Gasteiger partial charge in [-0.15, -0.1) is 0 Å². The highest BCUT2D eigenvalue weighted by Gasteiger charge is 2.20. The lowest BCUT2D eigenvalue weighted by Crippen LogP contribution is -2.50. The molecule has 1 aliphatic rings. The van der Waals surface area contributed by atoms with Gasteiger partial charge in [0.15, 0.2) is 0 Å². The molecule has 1 heterocycles. The molecule has 0 saturated carbocycles. The number of carbonyl (C=O) groups is 1. The van der Waals surface area contributed by atoms with Crippen molar-refractivity contribution in [2.75, 3.05) is 19.6 Å². The lowest BCUT2D eigenvalue weighted by molar-refractivity contribution is 0.0697. The largest absolute Gasteiger partial charge is 0.478 e. The van der Waals surface area contributed by atoms with Gasteiger partial charge in [-0.3, -0.25) is 4.90 Å². The summed E-state index contributed by atoms with van der Waals surface area (Å²) in [5, 5.41) is 12.3. The number of nitrogens with zero attached hydrogens (tertiary/aromatic N) is 1. The van der Waals surface area contributed by atoms with Crippen molar-refractivity contribution < 1.29 is 9.90 Å². The summed E-state index contributed by atoms with van der Waals surface area (Å²) >= 11 is 0. The van der Waals surface area contributed by atoms with E-state index in [1.165, 1.54) is 5.56 Å². The molecule has 4 heteroatoms. The first-order valence-electron chi connectivity index (χ1n) is 6.47. The second-order valence-electron chi connectivity index (χ2n) is 4.74. The number of nitrogens with one attached hydrogen (secondary N) is 1. The maximum atomic E-state index is 10.8. The number of hydrogen-bond acceptors (Lipinski definition) is 3. The normalized spacial score (nSPS) is 20.8. The van der Waals surface area contributed by atoms with Crippen LogP contribution in [0.15, 0.2) is 24.3 Å². The summed E-state index contributed by atoms with van der Waals surface area (Å²) in [6.07, 6.45) is 1.14. The van der Waals surface area contributed by atoms with Crippen LogP contribution in [-0.4, -0.2) is 41.7 Å². The van der Waals surface area contributed by atoms with Crippen LogP contribution in [0.2, 0.25) is 0 Å². The minimum absolute atomic E-state index is 0.353. The van der Waals surface area contributed by atoms with E-state index in [0.29, 0.717) is 11.6 Å². The van der Waals surface area contributed by atoms with Crippen molar-refractivity contribution in [1.29, 1.82) is 0 Å². The Morgan fingerprint density at radius 3 is 2.78 bits per heavy atom. The summed E-state index contributed by atoms with van der Waals surface area (Å²) in [6, 6.07) is 7.77. The first-order chi connectivity index (χ1) is 8.70. The Balaban J connectivity index is 2.01. The molecule has 1 aliphatic heterocycles. The van der Waals surface area contributed by atoms with Crippen LogP contribution in [-0.2, 0) is 6.54 Å². The summed E-state index contributed by atoms with van der Waals surface area (Å²) in [4.78, 5) is 13.2. The maximum Gasteiger partial charge on any atom is 0.335 e. The fourth-order valence-electron chi connectivity index (χ4n) is 2.40. The smallest absolute Gasteiger partial charge is 0.335 e. The lowest BCUT2D eigenvalue weighted by Gasteiger charge is -2.35. The van der Waals surface area contributed by atoms with Gasteiger partial charge < -0.3 is 10.4 Å². The topological polar surface area (TPSA) is 52.6 Å². The Labute approximate surface area is 108 Å². The molecule has 0 amide bonds. The van der Waals surface area contributed by atoms with Gasteiger partial charge in [-0.1, -0.05) is 19.1 Å². The van der Waals surface area contributed by atoms with E-state index in [1.807, 2.05) is 12.1 Å². The number of hydrogen-bond donors (Lipinski definition) is 2. The minimum Gasteiger partial charge on any atom is -0.478 e. The van der Waals surface area contributed by atoms with E-state index in [4.69, 9.17) is 5.11 Å². The van der Waals surface area contributed by atoms with Crippen molar-refractivity contribution in [3.8, 4) is 0 Å². The summed E-state index contributed by atoms with van der Waals surface area (Å²) in [5.74, 6) is -0.866. The van der Waals surface area contributed by atoms with Gasteiger partial charge in [-0.25, -0.2) is 4.79 Å². The van der Waals surface area contributed by atoms with E-state index in [2.05, 4.69) is 17.1 Å². The molecular weight excluding hydrogens is 228 g/mol. The summed E-state index contributed by atoms with van der Waals surface area (Å²) in [7, 11) is 0. The average Bonchev–Trinajstić information content (AvgIpc) is 2.40. The van der Waals surface area contributed by atoms with Crippen LogP contribution in [0.25, 0.3) is 0 Å². The van der Waals surface area contributed by atoms with Gasteiger partial charge in [0.2, 0.25) is 0 Å². The average molecular weight is 248 g/mol. The zero-order valence-electron chi connectivity index (χ0n) is 10.7. The summed E-state index contributed by atoms with van der Waals surface area (Å²) in [5.41, 5.74) is 1.53. The Hall–Kier alpha value is -1.39. The molecule has 1 saturated heterocycles. The molecule has 98 valence electrons. The molecule has 18 heavy (non-hydrogen) atoms. The molecule has 0 aromatic heterocycles. The van der Waals surface area contributed by atoms with Gasteiger partial charge in [0.25, 0.3) is 0 Å². The van der Waals surface area contributed by atoms with Crippen molar-refractivity contribution in [2.24, 2.45) is 0 Å².